The molecule has 0 saturated heterocycles. The molecule has 0 aliphatic heterocycles. The molecule has 1 atom stereocenters. The predicted molar refractivity (Wildman–Crippen MR) is 64.9 cm³/mol. The molecule has 0 saturated carbocycles. The summed E-state index contributed by atoms with van der Waals surface area (Å²) in [5.74, 6) is 0. The first kappa shape index (κ1) is 15.1. The van der Waals surface area contributed by atoms with Gasteiger partial charge in [0, 0.05) is 26.9 Å². The minimum absolute atomic E-state index is 0.184. The molecule has 0 aromatic heterocycles. The largest absolute Gasteiger partial charge is 0.503 e. The molecule has 1 unspecified atom stereocenters. The monoisotopic (exact) mass is 234 g/mol. The van der Waals surface area contributed by atoms with Gasteiger partial charge in [0.2, 0.25) is 0 Å². The summed E-state index contributed by atoms with van der Waals surface area (Å²) in [6.07, 6.45) is 2.32. The molecule has 0 aliphatic carbocycles. The maximum Gasteiger partial charge on any atom is 0.503 e. The number of hydrogen-bond acceptors (Lipinski definition) is 3. The van der Waals surface area contributed by atoms with Crippen LogP contribution in [0, 0.1) is 5.41 Å². The molecular formula is C11H26O3Si. The van der Waals surface area contributed by atoms with Gasteiger partial charge in [-0.2, -0.15) is 0 Å². The van der Waals surface area contributed by atoms with Gasteiger partial charge in [-0.15, -0.1) is 0 Å². The second-order valence-electron chi connectivity index (χ2n) is 4.68. The summed E-state index contributed by atoms with van der Waals surface area (Å²) in [4.78, 5) is 0. The summed E-state index contributed by atoms with van der Waals surface area (Å²) in [7, 11) is 2.54. The van der Waals surface area contributed by atoms with E-state index < -0.39 is 8.80 Å². The summed E-state index contributed by atoms with van der Waals surface area (Å²) in [6, 6.07) is 0. The van der Waals surface area contributed by atoms with Gasteiger partial charge in [0.15, 0.2) is 0 Å². The topological polar surface area (TPSA) is 27.7 Å². The van der Waals surface area contributed by atoms with Crippen molar-refractivity contribution in [1.82, 2.24) is 0 Å². The highest BCUT2D eigenvalue weighted by Crippen LogP contribution is 2.43. The highest BCUT2D eigenvalue weighted by molar-refractivity contribution is 6.62. The Morgan fingerprint density at radius 1 is 1.07 bits per heavy atom. The fourth-order valence-electron chi connectivity index (χ4n) is 2.12. The van der Waals surface area contributed by atoms with E-state index in [1.807, 2.05) is 0 Å². The zero-order valence-electron chi connectivity index (χ0n) is 11.2. The first-order chi connectivity index (χ1) is 6.90. The molecule has 0 amide bonds. The molecule has 3 nitrogen and oxygen atoms in total. The third-order valence-electron chi connectivity index (χ3n) is 3.45. The fourth-order valence-corrected chi connectivity index (χ4v) is 4.78. The van der Waals surface area contributed by atoms with Crippen molar-refractivity contribution in [3.8, 4) is 0 Å². The van der Waals surface area contributed by atoms with Gasteiger partial charge in [0.1, 0.15) is 0 Å². The lowest BCUT2D eigenvalue weighted by Crippen LogP contribution is -2.51. The summed E-state index contributed by atoms with van der Waals surface area (Å²) in [5.41, 5.74) is 0.480. The van der Waals surface area contributed by atoms with Crippen molar-refractivity contribution in [2.75, 3.05) is 21.3 Å². The smallest absolute Gasteiger partial charge is 0.377 e. The van der Waals surface area contributed by atoms with E-state index in [9.17, 15) is 0 Å². The average Bonchev–Trinajstić information content (AvgIpc) is 2.21. The van der Waals surface area contributed by atoms with E-state index in [1.54, 1.807) is 21.3 Å². The normalized spacial score (nSPS) is 15.4. The Morgan fingerprint density at radius 2 is 1.47 bits per heavy atom. The Bertz CT molecular complexity index is 170. The van der Waals surface area contributed by atoms with Crippen LogP contribution < -0.4 is 0 Å². The second kappa shape index (κ2) is 5.99. The second-order valence-corrected chi connectivity index (χ2v) is 7.97. The van der Waals surface area contributed by atoms with Crippen LogP contribution in [0.1, 0.15) is 40.5 Å². The van der Waals surface area contributed by atoms with Crippen LogP contribution in [0.15, 0.2) is 0 Å². The van der Waals surface area contributed by atoms with Crippen molar-refractivity contribution in [2.45, 2.75) is 46.1 Å². The molecule has 0 bridgehead atoms. The molecule has 4 heteroatoms. The van der Waals surface area contributed by atoms with E-state index in [-0.39, 0.29) is 5.41 Å². The molecule has 0 spiro atoms. The van der Waals surface area contributed by atoms with Crippen LogP contribution in [-0.4, -0.2) is 30.1 Å². The van der Waals surface area contributed by atoms with Crippen molar-refractivity contribution >= 4 is 8.80 Å². The van der Waals surface area contributed by atoms with Crippen molar-refractivity contribution in [3.63, 3.8) is 0 Å². The quantitative estimate of drug-likeness (QED) is 0.634. The maximum atomic E-state index is 5.53. The van der Waals surface area contributed by atoms with Crippen LogP contribution in [0.4, 0.5) is 0 Å². The van der Waals surface area contributed by atoms with Gasteiger partial charge in [-0.1, -0.05) is 34.1 Å². The standard InChI is InChI=1S/C11H26O3Si/c1-8-9-11(3,4)10(2)15(12-5,13-6)14-7/h10H,8-9H2,1-7H3. The van der Waals surface area contributed by atoms with Crippen LogP contribution in [-0.2, 0) is 13.3 Å². The van der Waals surface area contributed by atoms with Crippen LogP contribution >= 0.6 is 0 Å². The molecule has 0 aliphatic rings. The van der Waals surface area contributed by atoms with Crippen LogP contribution in [0.5, 0.6) is 0 Å². The van der Waals surface area contributed by atoms with Gasteiger partial charge < -0.3 is 13.3 Å². The summed E-state index contributed by atoms with van der Waals surface area (Å²) < 4.78 is 16.6. The molecule has 0 fully saturated rings. The van der Waals surface area contributed by atoms with E-state index in [1.165, 1.54) is 6.42 Å². The molecule has 0 aromatic rings. The Morgan fingerprint density at radius 3 is 1.73 bits per heavy atom. The minimum Gasteiger partial charge on any atom is -0.377 e. The lowest BCUT2D eigenvalue weighted by atomic mass is 9.85. The minimum atomic E-state index is -2.49. The van der Waals surface area contributed by atoms with Gasteiger partial charge in [0.25, 0.3) is 0 Å². The Hall–Kier alpha value is 0.0969. The van der Waals surface area contributed by atoms with Crippen LogP contribution in [0.3, 0.4) is 0 Å². The first-order valence-electron chi connectivity index (χ1n) is 5.55. The number of hydrogen-bond donors (Lipinski definition) is 0. The van der Waals surface area contributed by atoms with Gasteiger partial charge in [-0.05, 0) is 11.8 Å². The molecular weight excluding hydrogens is 208 g/mol. The SMILES string of the molecule is CCCC(C)(C)C(C)[Si](OC)(OC)OC. The van der Waals surface area contributed by atoms with Crippen LogP contribution in [0.25, 0.3) is 0 Å². The van der Waals surface area contributed by atoms with E-state index in [0.29, 0.717) is 5.54 Å². The van der Waals surface area contributed by atoms with E-state index in [2.05, 4.69) is 27.7 Å². The van der Waals surface area contributed by atoms with Crippen molar-refractivity contribution < 1.29 is 13.3 Å². The lowest BCUT2D eigenvalue weighted by molar-refractivity contribution is 0.0892. The fraction of sp³-hybridized carbons (Fsp3) is 1.00. The van der Waals surface area contributed by atoms with Crippen molar-refractivity contribution in [2.24, 2.45) is 5.41 Å². The first-order valence-corrected chi connectivity index (χ1v) is 7.35. The highest BCUT2D eigenvalue weighted by atomic mass is 28.4. The van der Waals surface area contributed by atoms with Crippen molar-refractivity contribution in [1.29, 1.82) is 0 Å². The zero-order valence-corrected chi connectivity index (χ0v) is 12.2. The summed E-state index contributed by atoms with van der Waals surface area (Å²) in [5, 5.41) is 0. The lowest BCUT2D eigenvalue weighted by Gasteiger charge is -2.40. The highest BCUT2D eigenvalue weighted by Gasteiger charge is 2.50. The van der Waals surface area contributed by atoms with Crippen LogP contribution in [0.2, 0.25) is 5.54 Å². The van der Waals surface area contributed by atoms with Gasteiger partial charge in [-0.3, -0.25) is 0 Å². The Kier molecular flexibility index (Phi) is 6.03. The van der Waals surface area contributed by atoms with Gasteiger partial charge >= 0.3 is 8.80 Å². The molecule has 15 heavy (non-hydrogen) atoms. The Balaban J connectivity index is 4.83. The third kappa shape index (κ3) is 3.28. The van der Waals surface area contributed by atoms with E-state index in [0.717, 1.165) is 6.42 Å². The summed E-state index contributed by atoms with van der Waals surface area (Å²) >= 11 is 0. The molecule has 0 radical (unpaired) electrons. The predicted octanol–water partition coefficient (Wildman–Crippen LogP) is 3.08. The maximum absolute atomic E-state index is 5.53. The number of rotatable bonds is 7. The molecule has 0 heterocycles. The average molecular weight is 234 g/mol. The van der Waals surface area contributed by atoms with Gasteiger partial charge in [0.05, 0.1) is 0 Å². The van der Waals surface area contributed by atoms with Gasteiger partial charge in [-0.25, -0.2) is 0 Å². The van der Waals surface area contributed by atoms with E-state index >= 15 is 0 Å². The molecule has 0 aromatic carbocycles. The van der Waals surface area contributed by atoms with Crippen molar-refractivity contribution in [3.05, 3.63) is 0 Å². The zero-order chi connectivity index (χ0) is 12.1. The Labute approximate surface area is 95.5 Å². The summed E-state index contributed by atoms with van der Waals surface area (Å²) in [6.45, 7) is 8.86. The molecule has 0 rings (SSSR count). The third-order valence-corrected chi connectivity index (χ3v) is 7.00. The molecule has 92 valence electrons. The molecule has 0 N–H and O–H groups in total. The van der Waals surface area contributed by atoms with E-state index in [4.69, 9.17) is 13.3 Å².